The quantitative estimate of drug-likeness (QED) is 0.600. The Morgan fingerprint density at radius 2 is 2.33 bits per heavy atom. The molecule has 1 aliphatic rings. The molecule has 0 unspecified atom stereocenters. The van der Waals surface area contributed by atoms with Gasteiger partial charge in [-0.3, -0.25) is 9.59 Å². The largest absolute Gasteiger partial charge is 0.355 e. The zero-order valence-corrected chi connectivity index (χ0v) is 9.38. The molecule has 0 aliphatic carbocycles. The number of nitrogens with zero attached hydrogens (tertiary/aromatic N) is 1. The van der Waals surface area contributed by atoms with Crippen molar-refractivity contribution in [2.75, 3.05) is 33.7 Å². The van der Waals surface area contributed by atoms with Crippen LogP contribution in [0.4, 0.5) is 0 Å². The maximum Gasteiger partial charge on any atom is 0.232 e. The fraction of sp³-hybridized carbons (Fsp3) is 0.800. The van der Waals surface area contributed by atoms with E-state index in [4.69, 9.17) is 0 Å². The Kier molecular flexibility index (Phi) is 4.55. The van der Waals surface area contributed by atoms with Crippen molar-refractivity contribution in [2.45, 2.75) is 12.8 Å². The predicted molar refractivity (Wildman–Crippen MR) is 57.3 cm³/mol. The second-order valence-electron chi connectivity index (χ2n) is 4.08. The number of likely N-dealkylation sites (N-methyl/N-ethyl adjacent to an activating group) is 1. The first-order valence-electron chi connectivity index (χ1n) is 5.31. The van der Waals surface area contributed by atoms with Gasteiger partial charge >= 0.3 is 0 Å². The topological polar surface area (TPSA) is 61.4 Å². The molecule has 86 valence electrons. The van der Waals surface area contributed by atoms with Crippen LogP contribution in [0.3, 0.4) is 0 Å². The van der Waals surface area contributed by atoms with Gasteiger partial charge in [0, 0.05) is 19.6 Å². The number of amides is 2. The monoisotopic (exact) mass is 213 g/mol. The Hall–Kier alpha value is -1.10. The van der Waals surface area contributed by atoms with Crippen LogP contribution in [0.15, 0.2) is 0 Å². The van der Waals surface area contributed by atoms with Gasteiger partial charge in [0.1, 0.15) is 5.92 Å². The van der Waals surface area contributed by atoms with E-state index < -0.39 is 5.92 Å². The molecule has 0 spiro atoms. The standard InChI is InChI=1S/C10H19N3O2/c1-13(2)7-6-12-10(15)8-4-3-5-11-9(8)14/h8H,3-7H2,1-2H3,(H,11,14)(H,12,15)/t8-/m1/s1. The molecule has 1 saturated heterocycles. The summed E-state index contributed by atoms with van der Waals surface area (Å²) in [5.41, 5.74) is 0. The molecule has 1 aliphatic heterocycles. The van der Waals surface area contributed by atoms with E-state index >= 15 is 0 Å². The molecule has 15 heavy (non-hydrogen) atoms. The number of nitrogens with one attached hydrogen (secondary N) is 2. The zero-order chi connectivity index (χ0) is 11.3. The summed E-state index contributed by atoms with van der Waals surface area (Å²) in [6.45, 7) is 2.08. The Bertz CT molecular complexity index is 241. The van der Waals surface area contributed by atoms with E-state index in [2.05, 4.69) is 10.6 Å². The van der Waals surface area contributed by atoms with Gasteiger partial charge < -0.3 is 15.5 Å². The molecule has 5 nitrogen and oxygen atoms in total. The number of carbonyl (C=O) groups excluding carboxylic acids is 2. The lowest BCUT2D eigenvalue weighted by Gasteiger charge is -2.21. The third-order valence-corrected chi connectivity index (χ3v) is 2.46. The molecule has 2 amide bonds. The van der Waals surface area contributed by atoms with E-state index in [1.807, 2.05) is 19.0 Å². The summed E-state index contributed by atoms with van der Waals surface area (Å²) >= 11 is 0. The summed E-state index contributed by atoms with van der Waals surface area (Å²) in [7, 11) is 3.89. The molecule has 0 aromatic heterocycles. The van der Waals surface area contributed by atoms with Gasteiger partial charge in [0.15, 0.2) is 0 Å². The highest BCUT2D eigenvalue weighted by molar-refractivity contribution is 6.00. The molecule has 1 fully saturated rings. The molecule has 1 atom stereocenters. The minimum atomic E-state index is -0.485. The third kappa shape index (κ3) is 3.87. The molecule has 2 N–H and O–H groups in total. The van der Waals surface area contributed by atoms with Crippen LogP contribution in [0, 0.1) is 5.92 Å². The van der Waals surface area contributed by atoms with Gasteiger partial charge in [-0.1, -0.05) is 0 Å². The highest BCUT2D eigenvalue weighted by atomic mass is 16.2. The summed E-state index contributed by atoms with van der Waals surface area (Å²) in [6.07, 6.45) is 1.55. The molecule has 0 aromatic carbocycles. The Balaban J connectivity index is 2.29. The lowest BCUT2D eigenvalue weighted by atomic mass is 9.98. The first-order chi connectivity index (χ1) is 7.11. The number of piperidine rings is 1. The van der Waals surface area contributed by atoms with Gasteiger partial charge in [-0.25, -0.2) is 0 Å². The van der Waals surface area contributed by atoms with Crippen molar-refractivity contribution < 1.29 is 9.59 Å². The molecule has 0 radical (unpaired) electrons. The van der Waals surface area contributed by atoms with Crippen molar-refractivity contribution in [1.29, 1.82) is 0 Å². The second-order valence-corrected chi connectivity index (χ2v) is 4.08. The van der Waals surface area contributed by atoms with Gasteiger partial charge in [-0.05, 0) is 26.9 Å². The third-order valence-electron chi connectivity index (χ3n) is 2.46. The molecule has 1 heterocycles. The second kappa shape index (κ2) is 5.70. The molecular weight excluding hydrogens is 194 g/mol. The van der Waals surface area contributed by atoms with Crippen molar-refractivity contribution >= 4 is 11.8 Å². The molecule has 0 bridgehead atoms. The Morgan fingerprint density at radius 1 is 1.60 bits per heavy atom. The highest BCUT2D eigenvalue weighted by Gasteiger charge is 2.28. The number of hydrogen-bond donors (Lipinski definition) is 2. The smallest absolute Gasteiger partial charge is 0.232 e. The van der Waals surface area contributed by atoms with Gasteiger partial charge in [0.2, 0.25) is 11.8 Å². The maximum absolute atomic E-state index is 11.6. The van der Waals surface area contributed by atoms with Crippen LogP contribution in [0.5, 0.6) is 0 Å². The van der Waals surface area contributed by atoms with Crippen LogP contribution in [0.2, 0.25) is 0 Å². The maximum atomic E-state index is 11.6. The van der Waals surface area contributed by atoms with Crippen molar-refractivity contribution in [1.82, 2.24) is 15.5 Å². The summed E-state index contributed by atoms with van der Waals surface area (Å²) in [5.74, 6) is -0.765. The Labute approximate surface area is 90.2 Å². The van der Waals surface area contributed by atoms with Gasteiger partial charge in [0.25, 0.3) is 0 Å². The molecular formula is C10H19N3O2. The first-order valence-corrected chi connectivity index (χ1v) is 5.31. The van der Waals surface area contributed by atoms with Crippen molar-refractivity contribution in [3.63, 3.8) is 0 Å². The van der Waals surface area contributed by atoms with E-state index in [1.165, 1.54) is 0 Å². The Morgan fingerprint density at radius 3 is 2.93 bits per heavy atom. The van der Waals surface area contributed by atoms with Crippen LogP contribution < -0.4 is 10.6 Å². The predicted octanol–water partition coefficient (Wildman–Crippen LogP) is -0.810. The average molecular weight is 213 g/mol. The average Bonchev–Trinajstić information content (AvgIpc) is 2.17. The minimum absolute atomic E-state index is 0.136. The number of hydrogen-bond acceptors (Lipinski definition) is 3. The fourth-order valence-corrected chi connectivity index (χ4v) is 1.55. The van der Waals surface area contributed by atoms with Crippen LogP contribution in [0.25, 0.3) is 0 Å². The van der Waals surface area contributed by atoms with Gasteiger partial charge in [-0.2, -0.15) is 0 Å². The molecule has 1 rings (SSSR count). The zero-order valence-electron chi connectivity index (χ0n) is 9.38. The van der Waals surface area contributed by atoms with Gasteiger partial charge in [0.05, 0.1) is 0 Å². The number of rotatable bonds is 4. The first kappa shape index (κ1) is 12.0. The lowest BCUT2D eigenvalue weighted by Crippen LogP contribution is -2.46. The number of carbonyl (C=O) groups is 2. The summed E-state index contributed by atoms with van der Waals surface area (Å²) in [4.78, 5) is 24.9. The van der Waals surface area contributed by atoms with Crippen LogP contribution in [-0.4, -0.2) is 50.4 Å². The lowest BCUT2D eigenvalue weighted by molar-refractivity contribution is -0.136. The SMILES string of the molecule is CN(C)CCNC(=O)[C@@H]1CCCNC1=O. The van der Waals surface area contributed by atoms with Crippen molar-refractivity contribution in [2.24, 2.45) is 5.92 Å². The fourth-order valence-electron chi connectivity index (χ4n) is 1.55. The van der Waals surface area contributed by atoms with Crippen LogP contribution in [-0.2, 0) is 9.59 Å². The highest BCUT2D eigenvalue weighted by Crippen LogP contribution is 2.10. The van der Waals surface area contributed by atoms with E-state index in [-0.39, 0.29) is 11.8 Å². The molecule has 0 saturated carbocycles. The van der Waals surface area contributed by atoms with E-state index in [1.54, 1.807) is 0 Å². The van der Waals surface area contributed by atoms with E-state index in [9.17, 15) is 9.59 Å². The summed E-state index contributed by atoms with van der Waals surface area (Å²) in [6, 6.07) is 0. The molecule has 5 heteroatoms. The molecule has 0 aromatic rings. The van der Waals surface area contributed by atoms with Crippen LogP contribution in [0.1, 0.15) is 12.8 Å². The van der Waals surface area contributed by atoms with Crippen molar-refractivity contribution in [3.8, 4) is 0 Å². The summed E-state index contributed by atoms with van der Waals surface area (Å²) < 4.78 is 0. The van der Waals surface area contributed by atoms with Gasteiger partial charge in [-0.15, -0.1) is 0 Å². The minimum Gasteiger partial charge on any atom is -0.355 e. The normalized spacial score (nSPS) is 21.3. The van der Waals surface area contributed by atoms with E-state index in [0.717, 1.165) is 13.0 Å². The van der Waals surface area contributed by atoms with E-state index in [0.29, 0.717) is 19.5 Å². The van der Waals surface area contributed by atoms with Crippen molar-refractivity contribution in [3.05, 3.63) is 0 Å². The summed E-state index contributed by atoms with van der Waals surface area (Å²) in [5, 5.41) is 5.47. The van der Waals surface area contributed by atoms with Crippen LogP contribution >= 0.6 is 0 Å².